The van der Waals surface area contributed by atoms with Crippen LogP contribution in [0.25, 0.3) is 21.1 Å². The average molecular weight is 804 g/mol. The molecule has 0 saturated carbocycles. The van der Waals surface area contributed by atoms with Gasteiger partial charge in [0.15, 0.2) is 0 Å². The first-order chi connectivity index (χ1) is 27.1. The third kappa shape index (κ3) is 8.42. The fourth-order valence-electron chi connectivity index (χ4n) is 6.88. The Morgan fingerprint density at radius 1 is 0.839 bits per heavy atom. The molecule has 3 atom stereocenters. The van der Waals surface area contributed by atoms with Crippen LogP contribution in [0.1, 0.15) is 57.0 Å². The minimum atomic E-state index is -4.02. The first-order valence-electron chi connectivity index (χ1n) is 18.2. The highest BCUT2D eigenvalue weighted by Crippen LogP contribution is 2.36. The molecule has 0 aliphatic heterocycles. The number of para-hydroxylation sites is 1. The number of thiophene rings is 1. The number of aliphatic hydroxyl groups excluding tert-OH is 1. The van der Waals surface area contributed by atoms with Crippen LogP contribution in [0, 0.1) is 5.92 Å². The lowest BCUT2D eigenvalue weighted by molar-refractivity contribution is -0.123. The summed E-state index contributed by atoms with van der Waals surface area (Å²) < 4.78 is 30.5. The van der Waals surface area contributed by atoms with Gasteiger partial charge in [-0.1, -0.05) is 80.6 Å². The van der Waals surface area contributed by atoms with E-state index in [1.807, 2.05) is 86.6 Å². The van der Waals surface area contributed by atoms with Crippen molar-refractivity contribution in [3.05, 3.63) is 159 Å². The van der Waals surface area contributed by atoms with Crippen LogP contribution in [0.4, 0.5) is 0 Å². The normalized spacial score (nSPS) is 13.5. The van der Waals surface area contributed by atoms with Gasteiger partial charge in [-0.05, 0) is 71.6 Å². The Morgan fingerprint density at radius 3 is 2.32 bits per heavy atom. The van der Waals surface area contributed by atoms with Gasteiger partial charge in [0.25, 0.3) is 5.91 Å². The number of aliphatic hydroxyl groups is 1. The lowest BCUT2D eigenvalue weighted by Crippen LogP contribution is -2.50. The second-order valence-electron chi connectivity index (χ2n) is 13.8. The van der Waals surface area contributed by atoms with E-state index in [4.69, 9.17) is 0 Å². The van der Waals surface area contributed by atoms with Crippen molar-refractivity contribution in [2.75, 3.05) is 13.2 Å². The summed E-state index contributed by atoms with van der Waals surface area (Å²) in [6.07, 6.45) is 1.72. The summed E-state index contributed by atoms with van der Waals surface area (Å²) in [5, 5.41) is 17.7. The number of rotatable bonds is 15. The molecule has 4 aromatic carbocycles. The number of carbonyl (C=O) groups excluding carboxylic acids is 2. The summed E-state index contributed by atoms with van der Waals surface area (Å²) in [4.78, 5) is 38.6. The maximum Gasteiger partial charge on any atom is 0.251 e. The van der Waals surface area contributed by atoms with E-state index in [1.54, 1.807) is 60.2 Å². The molecular formula is C43H41N5O5S3. The third-order valence-electron chi connectivity index (χ3n) is 9.54. The van der Waals surface area contributed by atoms with Gasteiger partial charge in [0.1, 0.15) is 6.04 Å². The zero-order valence-electron chi connectivity index (χ0n) is 30.8. The molecule has 0 spiro atoms. The molecule has 3 heterocycles. The highest BCUT2D eigenvalue weighted by Gasteiger charge is 2.36. The van der Waals surface area contributed by atoms with E-state index in [1.165, 1.54) is 27.0 Å². The van der Waals surface area contributed by atoms with Crippen LogP contribution in [0.3, 0.4) is 0 Å². The molecule has 7 rings (SSSR count). The molecular weight excluding hydrogens is 763 g/mol. The summed E-state index contributed by atoms with van der Waals surface area (Å²) in [5.41, 5.74) is 5.25. The predicted molar refractivity (Wildman–Crippen MR) is 222 cm³/mol. The Kier molecular flexibility index (Phi) is 12.0. The van der Waals surface area contributed by atoms with Gasteiger partial charge >= 0.3 is 0 Å². The monoisotopic (exact) mass is 803 g/mol. The molecule has 0 saturated heterocycles. The fraction of sp³-hybridized carbons (Fsp3) is 0.209. The zero-order chi connectivity index (χ0) is 39.2. The molecule has 3 unspecified atom stereocenters. The number of carbonyl (C=O) groups is 2. The second kappa shape index (κ2) is 17.2. The number of nitrogens with one attached hydrogen (secondary N) is 2. The number of thiazole rings is 1. The number of benzene rings is 4. The van der Waals surface area contributed by atoms with Crippen LogP contribution in [0.15, 0.2) is 138 Å². The van der Waals surface area contributed by atoms with E-state index in [9.17, 15) is 23.1 Å². The third-order valence-corrected chi connectivity index (χ3v) is 13.4. The van der Waals surface area contributed by atoms with Crippen molar-refractivity contribution in [3.63, 3.8) is 0 Å². The van der Waals surface area contributed by atoms with Crippen molar-refractivity contribution in [2.45, 2.75) is 43.3 Å². The van der Waals surface area contributed by atoms with Crippen molar-refractivity contribution in [2.24, 2.45) is 5.92 Å². The quantitative estimate of drug-likeness (QED) is 0.0974. The molecule has 0 bridgehead atoms. The molecule has 0 aliphatic carbocycles. The number of nitrogens with zero attached hydrogens (tertiary/aromatic N) is 3. The van der Waals surface area contributed by atoms with Crippen molar-refractivity contribution in [1.29, 1.82) is 0 Å². The fourth-order valence-corrected chi connectivity index (χ4v) is 10.6. The topological polar surface area (TPSA) is 142 Å². The minimum Gasteiger partial charge on any atom is -0.394 e. The number of sulfonamides is 1. The standard InChI is InChI=1S/C43H41N5O5S3/c1-28(2)25-48(56(52,53)32-18-19-36-39(23-32)54-27-46-36)37(26-49)38-20-17-31(55-38)24-45-43(51)41(47-42(50)30-13-7-4-8-14-30)40(29-11-5-3-6-12-29)34-21-22-44-35-16-10-9-15-33(34)35/h3-23,27-28,37,40-41,49H,24-26H2,1-2H3,(H,45,51)(H,47,50). The molecule has 10 nitrogen and oxygen atoms in total. The largest absolute Gasteiger partial charge is 0.394 e. The van der Waals surface area contributed by atoms with Gasteiger partial charge < -0.3 is 15.7 Å². The number of hydrogen-bond donors (Lipinski definition) is 3. The maximum absolute atomic E-state index is 14.5. The number of fused-ring (bicyclic) bond motifs is 2. The Balaban J connectivity index is 1.19. The highest BCUT2D eigenvalue weighted by molar-refractivity contribution is 7.89. The smallest absolute Gasteiger partial charge is 0.251 e. The van der Waals surface area contributed by atoms with Crippen LogP contribution in [0.2, 0.25) is 0 Å². The lowest BCUT2D eigenvalue weighted by Gasteiger charge is -2.30. The summed E-state index contributed by atoms with van der Waals surface area (Å²) in [5.74, 6) is -1.41. The summed E-state index contributed by atoms with van der Waals surface area (Å²) in [6.45, 7) is 3.72. The van der Waals surface area contributed by atoms with E-state index >= 15 is 0 Å². The van der Waals surface area contributed by atoms with Gasteiger partial charge in [0, 0.05) is 39.4 Å². The molecule has 2 amide bonds. The van der Waals surface area contributed by atoms with Gasteiger partial charge in [-0.15, -0.1) is 22.7 Å². The Hall–Kier alpha value is -5.31. The molecule has 0 fully saturated rings. The molecule has 3 aromatic heterocycles. The van der Waals surface area contributed by atoms with E-state index < -0.39 is 46.4 Å². The van der Waals surface area contributed by atoms with E-state index in [-0.39, 0.29) is 23.9 Å². The van der Waals surface area contributed by atoms with E-state index in [2.05, 4.69) is 20.6 Å². The molecule has 0 aliphatic rings. The predicted octanol–water partition coefficient (Wildman–Crippen LogP) is 7.53. The molecule has 7 aromatic rings. The van der Waals surface area contributed by atoms with Gasteiger partial charge in [-0.25, -0.2) is 13.4 Å². The first kappa shape index (κ1) is 38.9. The van der Waals surface area contributed by atoms with Crippen LogP contribution in [0.5, 0.6) is 0 Å². The Morgan fingerprint density at radius 2 is 1.57 bits per heavy atom. The van der Waals surface area contributed by atoms with Crippen molar-refractivity contribution >= 4 is 65.6 Å². The van der Waals surface area contributed by atoms with Crippen molar-refractivity contribution in [3.8, 4) is 0 Å². The lowest BCUT2D eigenvalue weighted by atomic mass is 9.82. The number of pyridine rings is 1. The highest BCUT2D eigenvalue weighted by atomic mass is 32.2. The Labute approximate surface area is 333 Å². The van der Waals surface area contributed by atoms with Crippen molar-refractivity contribution in [1.82, 2.24) is 24.9 Å². The van der Waals surface area contributed by atoms with Gasteiger partial charge in [-0.2, -0.15) is 4.31 Å². The minimum absolute atomic E-state index is 0.0252. The average Bonchev–Trinajstić information content (AvgIpc) is 3.90. The summed E-state index contributed by atoms with van der Waals surface area (Å²) in [7, 11) is -4.02. The Bertz CT molecular complexity index is 2550. The first-order valence-corrected chi connectivity index (χ1v) is 21.3. The van der Waals surface area contributed by atoms with Gasteiger partial charge in [0.2, 0.25) is 15.9 Å². The van der Waals surface area contributed by atoms with E-state index in [0.29, 0.717) is 10.4 Å². The molecule has 56 heavy (non-hydrogen) atoms. The van der Waals surface area contributed by atoms with Crippen LogP contribution >= 0.6 is 22.7 Å². The SMILES string of the molecule is CC(C)CN(C(CO)c1ccc(CNC(=O)C(NC(=O)c2ccccc2)C(c2ccccc2)c2ccnc3ccccc23)s1)S(=O)(=O)c1ccc2ncsc2c1. The van der Waals surface area contributed by atoms with Crippen molar-refractivity contribution < 1.29 is 23.1 Å². The number of hydrogen-bond acceptors (Lipinski definition) is 9. The number of aromatic nitrogens is 2. The van der Waals surface area contributed by atoms with Crippen LogP contribution in [-0.4, -0.2) is 58.8 Å². The molecule has 13 heteroatoms. The second-order valence-corrected chi connectivity index (χ2v) is 17.8. The number of amides is 2. The van der Waals surface area contributed by atoms with Gasteiger partial charge in [0.05, 0.1) is 45.3 Å². The summed E-state index contributed by atoms with van der Waals surface area (Å²) >= 11 is 2.69. The maximum atomic E-state index is 14.5. The molecule has 286 valence electrons. The van der Waals surface area contributed by atoms with Crippen LogP contribution < -0.4 is 10.6 Å². The molecule has 0 radical (unpaired) electrons. The molecule has 3 N–H and O–H groups in total. The van der Waals surface area contributed by atoms with E-state index in [0.717, 1.165) is 37.1 Å². The van der Waals surface area contributed by atoms with Crippen LogP contribution in [-0.2, 0) is 21.4 Å². The zero-order valence-corrected chi connectivity index (χ0v) is 33.2. The van der Waals surface area contributed by atoms with Gasteiger partial charge in [-0.3, -0.25) is 14.6 Å². The summed E-state index contributed by atoms with van der Waals surface area (Å²) in [6, 6.07) is 34.6.